The van der Waals surface area contributed by atoms with Gasteiger partial charge in [0.25, 0.3) is 0 Å². The summed E-state index contributed by atoms with van der Waals surface area (Å²) in [6.45, 7) is 0. The number of fused-ring (bicyclic) bond motifs is 2. The number of carbonyl (C=O) groups is 2. The summed E-state index contributed by atoms with van der Waals surface area (Å²) in [7, 11) is 0. The van der Waals surface area contributed by atoms with Crippen LogP contribution in [-0.4, -0.2) is 11.6 Å². The number of hydrogen-bond acceptors (Lipinski definition) is 4. The number of anilines is 2. The van der Waals surface area contributed by atoms with Crippen LogP contribution < -0.4 is 11.5 Å². The van der Waals surface area contributed by atoms with Crippen LogP contribution in [0.15, 0.2) is 84.9 Å². The quantitative estimate of drug-likeness (QED) is 0.410. The van der Waals surface area contributed by atoms with E-state index in [2.05, 4.69) is 0 Å². The van der Waals surface area contributed by atoms with E-state index in [1.165, 1.54) is 0 Å². The monoisotopic (exact) mass is 418 g/mol. The van der Waals surface area contributed by atoms with Gasteiger partial charge in [-0.1, -0.05) is 84.9 Å². The van der Waals surface area contributed by atoms with Crippen molar-refractivity contribution in [2.75, 3.05) is 11.5 Å². The molecule has 0 amide bonds. The Morgan fingerprint density at radius 3 is 1.22 bits per heavy atom. The molecule has 1 aliphatic carbocycles. The molecule has 0 aliphatic heterocycles. The highest BCUT2D eigenvalue weighted by Gasteiger charge is 2.35. The maximum Gasteiger partial charge on any atom is 0.196 e. The fourth-order valence-electron chi connectivity index (χ4n) is 4.52. The minimum Gasteiger partial charge on any atom is -0.398 e. The Balaban J connectivity index is 1.76. The molecule has 4 aromatic rings. The third kappa shape index (κ3) is 3.17. The number of ketones is 2. The second-order valence-electron chi connectivity index (χ2n) is 8.06. The normalized spacial score (nSPS) is 12.4. The van der Waals surface area contributed by atoms with Crippen LogP contribution in [0.25, 0.3) is 0 Å². The molecule has 32 heavy (non-hydrogen) atoms. The molecule has 5 rings (SSSR count). The van der Waals surface area contributed by atoms with Gasteiger partial charge in [-0.05, 0) is 35.1 Å². The van der Waals surface area contributed by atoms with Gasteiger partial charge in [-0.15, -0.1) is 0 Å². The van der Waals surface area contributed by atoms with Crippen molar-refractivity contribution in [1.29, 1.82) is 0 Å². The molecular formula is C28H22N2O2. The number of hydrogen-bond donors (Lipinski definition) is 2. The molecule has 156 valence electrons. The van der Waals surface area contributed by atoms with Gasteiger partial charge in [-0.2, -0.15) is 0 Å². The smallest absolute Gasteiger partial charge is 0.196 e. The fraction of sp³-hybridized carbons (Fsp3) is 0.0714. The van der Waals surface area contributed by atoms with Crippen LogP contribution >= 0.6 is 0 Å². The lowest BCUT2D eigenvalue weighted by Gasteiger charge is -2.26. The minimum atomic E-state index is -0.250. The first-order valence-electron chi connectivity index (χ1n) is 10.5. The van der Waals surface area contributed by atoms with Crippen molar-refractivity contribution < 1.29 is 9.59 Å². The van der Waals surface area contributed by atoms with Crippen LogP contribution in [0.1, 0.15) is 54.1 Å². The van der Waals surface area contributed by atoms with E-state index in [0.717, 1.165) is 22.3 Å². The average molecular weight is 418 g/mol. The summed E-state index contributed by atoms with van der Waals surface area (Å²) >= 11 is 0. The zero-order chi connectivity index (χ0) is 22.2. The molecular weight excluding hydrogens is 396 g/mol. The van der Waals surface area contributed by atoms with Crippen molar-refractivity contribution in [3.8, 4) is 0 Å². The van der Waals surface area contributed by atoms with E-state index in [1.807, 2.05) is 60.7 Å². The molecule has 4 N–H and O–H groups in total. The summed E-state index contributed by atoms with van der Waals surface area (Å²) in [6.07, 6.45) is 1.05. The van der Waals surface area contributed by atoms with Crippen molar-refractivity contribution in [2.45, 2.75) is 12.8 Å². The molecule has 0 saturated carbocycles. The van der Waals surface area contributed by atoms with Gasteiger partial charge in [0, 0.05) is 22.5 Å². The number of nitrogens with two attached hydrogens (primary N) is 2. The van der Waals surface area contributed by atoms with E-state index >= 15 is 0 Å². The molecule has 0 radical (unpaired) electrons. The molecule has 0 spiro atoms. The Labute approximate surface area is 186 Å². The van der Waals surface area contributed by atoms with Crippen molar-refractivity contribution >= 4 is 22.9 Å². The predicted molar refractivity (Wildman–Crippen MR) is 127 cm³/mol. The lowest BCUT2D eigenvalue weighted by Crippen LogP contribution is -2.26. The number of rotatable bonds is 4. The van der Waals surface area contributed by atoms with Crippen LogP contribution in [0.5, 0.6) is 0 Å². The second-order valence-corrected chi connectivity index (χ2v) is 8.06. The maximum atomic E-state index is 13.4. The minimum absolute atomic E-state index is 0.231. The Kier molecular flexibility index (Phi) is 4.83. The van der Waals surface area contributed by atoms with Crippen molar-refractivity contribution in [3.63, 3.8) is 0 Å². The molecule has 0 atom stereocenters. The van der Waals surface area contributed by atoms with Crippen molar-refractivity contribution in [1.82, 2.24) is 0 Å². The predicted octanol–water partition coefficient (Wildman–Crippen LogP) is 4.81. The SMILES string of the molecule is Nc1c(Cc2ccccc2)c(Cc2ccccc2)c(N)c2c1C(=O)c1ccccc1C2=O. The van der Waals surface area contributed by atoms with Crippen molar-refractivity contribution in [2.24, 2.45) is 0 Å². The van der Waals surface area contributed by atoms with Gasteiger partial charge in [0.15, 0.2) is 11.6 Å². The van der Waals surface area contributed by atoms with Crippen LogP contribution in [0, 0.1) is 0 Å². The lowest BCUT2D eigenvalue weighted by atomic mass is 9.78. The topological polar surface area (TPSA) is 86.2 Å². The number of carbonyl (C=O) groups excluding carboxylic acids is 2. The molecule has 0 fully saturated rings. The fourth-order valence-corrected chi connectivity index (χ4v) is 4.52. The van der Waals surface area contributed by atoms with E-state index in [-0.39, 0.29) is 22.7 Å². The molecule has 0 saturated heterocycles. The van der Waals surface area contributed by atoms with Gasteiger partial charge >= 0.3 is 0 Å². The van der Waals surface area contributed by atoms with Crippen LogP contribution in [0.3, 0.4) is 0 Å². The van der Waals surface area contributed by atoms with Gasteiger partial charge < -0.3 is 11.5 Å². The van der Waals surface area contributed by atoms with Crippen LogP contribution in [-0.2, 0) is 12.8 Å². The highest BCUT2D eigenvalue weighted by molar-refractivity contribution is 6.32. The van der Waals surface area contributed by atoms with E-state index < -0.39 is 0 Å². The number of nitrogen functional groups attached to an aromatic ring is 2. The first kappa shape index (κ1) is 19.8. The van der Waals surface area contributed by atoms with Gasteiger partial charge in [-0.3, -0.25) is 9.59 Å². The van der Waals surface area contributed by atoms with E-state index in [9.17, 15) is 9.59 Å². The maximum absolute atomic E-state index is 13.4. The van der Waals surface area contributed by atoms with Gasteiger partial charge in [0.1, 0.15) is 0 Å². The van der Waals surface area contributed by atoms with Crippen LogP contribution in [0.2, 0.25) is 0 Å². The molecule has 4 nitrogen and oxygen atoms in total. The summed E-state index contributed by atoms with van der Waals surface area (Å²) in [5, 5.41) is 0. The van der Waals surface area contributed by atoms with Gasteiger partial charge in [0.05, 0.1) is 11.1 Å². The standard InChI is InChI=1S/C28H22N2O2/c29-25-21(15-17-9-3-1-4-10-17)22(16-18-11-5-2-6-12-18)26(30)24-23(25)27(31)19-13-7-8-14-20(19)28(24)32/h1-14H,15-16,29-30H2. The Bertz CT molecular complexity index is 1250. The summed E-state index contributed by atoms with van der Waals surface area (Å²) in [5.41, 5.74) is 18.9. The van der Waals surface area contributed by atoms with Crippen LogP contribution in [0.4, 0.5) is 11.4 Å². The van der Waals surface area contributed by atoms with E-state index in [1.54, 1.807) is 24.3 Å². The third-order valence-electron chi connectivity index (χ3n) is 6.12. The average Bonchev–Trinajstić information content (AvgIpc) is 2.83. The molecule has 1 aliphatic rings. The Morgan fingerprint density at radius 1 is 0.500 bits per heavy atom. The Hall–Kier alpha value is -4.18. The summed E-state index contributed by atoms with van der Waals surface area (Å²) in [5.74, 6) is -0.500. The lowest BCUT2D eigenvalue weighted by molar-refractivity contribution is 0.0980. The summed E-state index contributed by atoms with van der Waals surface area (Å²) in [4.78, 5) is 26.8. The molecule has 4 aromatic carbocycles. The molecule has 0 heterocycles. The molecule has 4 heteroatoms. The second kappa shape index (κ2) is 7.82. The van der Waals surface area contributed by atoms with Gasteiger partial charge in [-0.25, -0.2) is 0 Å². The van der Waals surface area contributed by atoms with Crippen molar-refractivity contribution in [3.05, 3.63) is 129 Å². The first-order chi connectivity index (χ1) is 15.6. The first-order valence-corrected chi connectivity index (χ1v) is 10.5. The highest BCUT2D eigenvalue weighted by atomic mass is 16.1. The largest absolute Gasteiger partial charge is 0.398 e. The summed E-state index contributed by atoms with van der Waals surface area (Å²) in [6, 6.07) is 26.7. The third-order valence-corrected chi connectivity index (χ3v) is 6.12. The van der Waals surface area contributed by atoms with E-state index in [4.69, 9.17) is 11.5 Å². The molecule has 0 aromatic heterocycles. The van der Waals surface area contributed by atoms with Gasteiger partial charge in [0.2, 0.25) is 0 Å². The van der Waals surface area contributed by atoms with E-state index in [0.29, 0.717) is 35.3 Å². The molecule has 0 unspecified atom stereocenters. The summed E-state index contributed by atoms with van der Waals surface area (Å²) < 4.78 is 0. The Morgan fingerprint density at radius 2 is 0.844 bits per heavy atom. The number of benzene rings is 4. The highest BCUT2D eigenvalue weighted by Crippen LogP contribution is 2.40. The zero-order valence-corrected chi connectivity index (χ0v) is 17.5. The zero-order valence-electron chi connectivity index (χ0n) is 17.5. The molecule has 0 bridgehead atoms.